The molecule has 0 unspecified atom stereocenters. The van der Waals surface area contributed by atoms with Crippen molar-refractivity contribution in [2.75, 3.05) is 6.54 Å². The zero-order valence-corrected chi connectivity index (χ0v) is 16.3. The van der Waals surface area contributed by atoms with Gasteiger partial charge in [0.2, 0.25) is 0 Å². The average Bonchev–Trinajstić information content (AvgIpc) is 3.57. The molecule has 2 aromatic rings. The monoisotopic (exact) mass is 407 g/mol. The van der Waals surface area contributed by atoms with Crippen LogP contribution in [0.25, 0.3) is 10.4 Å². The number of fused-ring (bicyclic) bond motifs is 1. The molecule has 0 amide bonds. The molecule has 0 radical (unpaired) electrons. The first-order valence-corrected chi connectivity index (χ1v) is 9.78. The number of hydrogen-bond acceptors (Lipinski definition) is 6. The summed E-state index contributed by atoms with van der Waals surface area (Å²) in [5.41, 5.74) is 9.52. The van der Waals surface area contributed by atoms with Gasteiger partial charge in [0.05, 0.1) is 17.2 Å². The van der Waals surface area contributed by atoms with Crippen molar-refractivity contribution >= 4 is 11.9 Å². The van der Waals surface area contributed by atoms with Gasteiger partial charge in [-0.3, -0.25) is 0 Å². The highest BCUT2D eigenvalue weighted by Gasteiger charge is 2.62. The molecule has 154 valence electrons. The highest BCUT2D eigenvalue weighted by atomic mass is 16.7. The number of epoxide rings is 1. The predicted octanol–water partition coefficient (Wildman–Crippen LogP) is 3.78. The summed E-state index contributed by atoms with van der Waals surface area (Å²) < 4.78 is 17.3. The number of hydrogen-bond donors (Lipinski definition) is 0. The Bertz CT molecular complexity index is 961. The zero-order valence-electron chi connectivity index (χ0n) is 16.3. The summed E-state index contributed by atoms with van der Waals surface area (Å²) >= 11 is 0. The number of nitrogens with zero attached hydrogens (tertiary/aromatic N) is 3. The Balaban J connectivity index is 1.57. The second-order valence-electron chi connectivity index (χ2n) is 7.47. The third kappa shape index (κ3) is 4.01. The largest absolute Gasteiger partial charge is 0.454 e. The molecule has 1 saturated heterocycles. The third-order valence-electron chi connectivity index (χ3n) is 5.69. The van der Waals surface area contributed by atoms with Gasteiger partial charge in [0, 0.05) is 17.4 Å². The lowest BCUT2D eigenvalue weighted by Crippen LogP contribution is -2.51. The lowest BCUT2D eigenvalue weighted by Gasteiger charge is -2.37. The predicted molar refractivity (Wildman–Crippen MR) is 107 cm³/mol. The maximum atomic E-state index is 12.7. The van der Waals surface area contributed by atoms with Gasteiger partial charge in [0.25, 0.3) is 0 Å². The van der Waals surface area contributed by atoms with Gasteiger partial charge >= 0.3 is 11.9 Å². The molecule has 8 nitrogen and oxygen atoms in total. The van der Waals surface area contributed by atoms with E-state index < -0.39 is 30.3 Å². The van der Waals surface area contributed by atoms with Crippen LogP contribution in [0.5, 0.6) is 0 Å². The third-order valence-corrected chi connectivity index (χ3v) is 5.69. The van der Waals surface area contributed by atoms with E-state index in [0.717, 1.165) is 0 Å². The van der Waals surface area contributed by atoms with Crippen LogP contribution in [0.2, 0.25) is 0 Å². The molecule has 1 aliphatic carbocycles. The van der Waals surface area contributed by atoms with Crippen LogP contribution < -0.4 is 0 Å². The van der Waals surface area contributed by atoms with Crippen LogP contribution in [0, 0.1) is 11.8 Å². The van der Waals surface area contributed by atoms with Crippen LogP contribution in [0.3, 0.4) is 0 Å². The van der Waals surface area contributed by atoms with Crippen LogP contribution >= 0.6 is 0 Å². The first-order valence-electron chi connectivity index (χ1n) is 9.78. The average molecular weight is 407 g/mol. The van der Waals surface area contributed by atoms with Gasteiger partial charge < -0.3 is 14.2 Å². The van der Waals surface area contributed by atoms with Crippen molar-refractivity contribution in [1.29, 1.82) is 0 Å². The van der Waals surface area contributed by atoms with E-state index in [1.807, 2.05) is 19.1 Å². The molecule has 0 N–H and O–H groups in total. The zero-order chi connectivity index (χ0) is 21.1. The Morgan fingerprint density at radius 2 is 1.47 bits per heavy atom. The maximum Gasteiger partial charge on any atom is 0.338 e. The van der Waals surface area contributed by atoms with Gasteiger partial charge in [-0.2, -0.15) is 0 Å². The standard InChI is InChI=1S/C22H21N3O5/c1-13-16(12-24-25-23)18-20(28-18)19(30-22(27)15-10-6-3-7-11-15)17(13)29-21(26)14-8-4-2-5-9-14/h2-11,13,16-20H,12H2,1H3/t13-,16-,17+,18+,19-,20+/m1/s1. The fraction of sp³-hybridized carbons (Fsp3) is 0.364. The SMILES string of the molecule is C[C@@H]1[C@@H](CN=[N+]=[N-])[C@@H]2O[C@@H]2[C@H](OC(=O)c2ccccc2)[C@H]1OC(=O)c1ccccc1. The minimum Gasteiger partial charge on any atom is -0.454 e. The number of carbonyl (C=O) groups is 2. The molecular weight excluding hydrogens is 386 g/mol. The molecule has 8 heteroatoms. The molecular formula is C22H21N3O5. The van der Waals surface area contributed by atoms with Gasteiger partial charge in [-0.05, 0) is 35.7 Å². The summed E-state index contributed by atoms with van der Waals surface area (Å²) in [6, 6.07) is 17.3. The number of azide groups is 1. The van der Waals surface area contributed by atoms with E-state index in [4.69, 9.17) is 19.7 Å². The summed E-state index contributed by atoms with van der Waals surface area (Å²) in [6.45, 7) is 2.11. The fourth-order valence-corrected chi connectivity index (χ4v) is 4.02. The Kier molecular flexibility index (Phi) is 5.70. The molecule has 4 rings (SSSR count). The number of ether oxygens (including phenoxy) is 3. The Labute approximate surface area is 173 Å². The van der Waals surface area contributed by atoms with E-state index in [-0.39, 0.29) is 24.5 Å². The highest BCUT2D eigenvalue weighted by molar-refractivity contribution is 5.90. The number of carbonyl (C=O) groups excluding carboxylic acids is 2. The number of esters is 2. The molecule has 2 fully saturated rings. The summed E-state index contributed by atoms with van der Waals surface area (Å²) in [5, 5.41) is 3.68. The number of benzene rings is 2. The van der Waals surface area contributed by atoms with Gasteiger partial charge in [-0.15, -0.1) is 0 Å². The molecule has 0 bridgehead atoms. The summed E-state index contributed by atoms with van der Waals surface area (Å²) in [7, 11) is 0. The minimum absolute atomic E-state index is 0.133. The fourth-order valence-electron chi connectivity index (χ4n) is 4.02. The molecule has 0 aromatic heterocycles. The van der Waals surface area contributed by atoms with Crippen LogP contribution in [-0.2, 0) is 14.2 Å². The van der Waals surface area contributed by atoms with Crippen molar-refractivity contribution in [3.8, 4) is 0 Å². The normalized spacial score (nSPS) is 29.1. The number of rotatable bonds is 6. The highest BCUT2D eigenvalue weighted by Crippen LogP contribution is 2.47. The van der Waals surface area contributed by atoms with E-state index in [0.29, 0.717) is 11.1 Å². The van der Waals surface area contributed by atoms with Crippen molar-refractivity contribution in [1.82, 2.24) is 0 Å². The van der Waals surface area contributed by atoms with Crippen molar-refractivity contribution < 1.29 is 23.8 Å². The Morgan fingerprint density at radius 3 is 2.00 bits per heavy atom. The quantitative estimate of drug-likeness (QED) is 0.238. The van der Waals surface area contributed by atoms with E-state index in [1.54, 1.807) is 48.5 Å². The van der Waals surface area contributed by atoms with E-state index in [9.17, 15) is 9.59 Å². The summed E-state index contributed by atoms with van der Waals surface area (Å²) in [6.07, 6.45) is -2.08. The minimum atomic E-state index is -0.743. The Morgan fingerprint density at radius 1 is 0.933 bits per heavy atom. The van der Waals surface area contributed by atoms with Gasteiger partial charge in [-0.25, -0.2) is 9.59 Å². The molecule has 1 aliphatic heterocycles. The van der Waals surface area contributed by atoms with Gasteiger partial charge in [-0.1, -0.05) is 48.4 Å². The van der Waals surface area contributed by atoms with Crippen LogP contribution in [-0.4, -0.2) is 42.9 Å². The van der Waals surface area contributed by atoms with Crippen molar-refractivity contribution in [2.24, 2.45) is 17.0 Å². The van der Waals surface area contributed by atoms with E-state index in [1.165, 1.54) is 0 Å². The smallest absolute Gasteiger partial charge is 0.338 e. The maximum absolute atomic E-state index is 12.7. The molecule has 1 heterocycles. The second kappa shape index (κ2) is 8.57. The molecule has 30 heavy (non-hydrogen) atoms. The Hall–Kier alpha value is -3.35. The second-order valence-corrected chi connectivity index (χ2v) is 7.47. The van der Waals surface area contributed by atoms with E-state index >= 15 is 0 Å². The molecule has 6 atom stereocenters. The summed E-state index contributed by atoms with van der Waals surface area (Å²) in [4.78, 5) is 28.2. The van der Waals surface area contributed by atoms with Crippen molar-refractivity contribution in [3.05, 3.63) is 82.2 Å². The van der Waals surface area contributed by atoms with Gasteiger partial charge in [0.15, 0.2) is 6.10 Å². The molecule has 2 aliphatic rings. The molecule has 0 spiro atoms. The van der Waals surface area contributed by atoms with Gasteiger partial charge in [0.1, 0.15) is 12.2 Å². The molecule has 1 saturated carbocycles. The first-order chi connectivity index (χ1) is 14.6. The van der Waals surface area contributed by atoms with Crippen LogP contribution in [0.1, 0.15) is 27.6 Å². The van der Waals surface area contributed by atoms with Crippen molar-refractivity contribution in [3.63, 3.8) is 0 Å². The van der Waals surface area contributed by atoms with Crippen molar-refractivity contribution in [2.45, 2.75) is 31.3 Å². The lowest BCUT2D eigenvalue weighted by atomic mass is 9.76. The molecule has 2 aromatic carbocycles. The lowest BCUT2D eigenvalue weighted by molar-refractivity contribution is -0.0756. The summed E-state index contributed by atoms with van der Waals surface area (Å²) in [5.74, 6) is -1.38. The topological polar surface area (TPSA) is 114 Å². The van der Waals surface area contributed by atoms with Crippen LogP contribution in [0.15, 0.2) is 65.8 Å². The van der Waals surface area contributed by atoms with Crippen LogP contribution in [0.4, 0.5) is 0 Å². The van der Waals surface area contributed by atoms with E-state index in [2.05, 4.69) is 10.0 Å². The first kappa shape index (κ1) is 19.9.